The monoisotopic (exact) mass is 348 g/mol. The number of nitrogens with one attached hydrogen (secondary N) is 1. The number of nitrogens with zero attached hydrogens (tertiary/aromatic N) is 1. The van der Waals surface area contributed by atoms with E-state index in [4.69, 9.17) is 4.42 Å². The van der Waals surface area contributed by atoms with Gasteiger partial charge in [0.2, 0.25) is 0 Å². The summed E-state index contributed by atoms with van der Waals surface area (Å²) in [4.78, 5) is 14.9. The van der Waals surface area contributed by atoms with Crippen LogP contribution >= 0.6 is 0 Å². The Morgan fingerprint density at radius 1 is 1.26 bits per heavy atom. The van der Waals surface area contributed by atoms with Gasteiger partial charge >= 0.3 is 6.18 Å². The molecule has 2 heterocycles. The lowest BCUT2D eigenvalue weighted by molar-refractivity contribution is -0.137. The SMILES string of the molecule is O=C(NCCS(=O)(=O)c1ccc(C(F)(F)F)cn1)c1ccco1. The molecule has 0 aliphatic rings. The van der Waals surface area contributed by atoms with Crippen molar-refractivity contribution in [1.82, 2.24) is 10.3 Å². The standard InChI is InChI=1S/C13H11F3N2O4S/c14-13(15,16)9-3-4-11(18-8-9)23(20,21)7-5-17-12(19)10-2-1-6-22-10/h1-4,6,8H,5,7H2,(H,17,19). The maximum absolute atomic E-state index is 12.4. The number of furan rings is 1. The first-order valence-corrected chi connectivity index (χ1v) is 7.93. The zero-order valence-electron chi connectivity index (χ0n) is 11.5. The molecular formula is C13H11F3N2O4S. The summed E-state index contributed by atoms with van der Waals surface area (Å²) >= 11 is 0. The van der Waals surface area contributed by atoms with E-state index in [0.717, 1.165) is 6.07 Å². The van der Waals surface area contributed by atoms with Crippen molar-refractivity contribution in [3.8, 4) is 0 Å². The third-order valence-corrected chi connectivity index (χ3v) is 4.40. The number of hydrogen-bond donors (Lipinski definition) is 1. The maximum atomic E-state index is 12.4. The summed E-state index contributed by atoms with van der Waals surface area (Å²) in [6, 6.07) is 4.33. The van der Waals surface area contributed by atoms with Gasteiger partial charge in [-0.15, -0.1) is 0 Å². The molecule has 2 aromatic rings. The highest BCUT2D eigenvalue weighted by atomic mass is 32.2. The summed E-state index contributed by atoms with van der Waals surface area (Å²) in [7, 11) is -3.91. The highest BCUT2D eigenvalue weighted by Crippen LogP contribution is 2.28. The zero-order chi connectivity index (χ0) is 17.1. The molecule has 0 saturated heterocycles. The molecule has 6 nitrogen and oxygen atoms in total. The number of carbonyl (C=O) groups is 1. The molecule has 23 heavy (non-hydrogen) atoms. The number of carbonyl (C=O) groups excluding carboxylic acids is 1. The van der Waals surface area contributed by atoms with Crippen LogP contribution in [0.3, 0.4) is 0 Å². The quantitative estimate of drug-likeness (QED) is 0.891. The van der Waals surface area contributed by atoms with Crippen LogP contribution in [-0.2, 0) is 16.0 Å². The van der Waals surface area contributed by atoms with Gasteiger partial charge in [0.25, 0.3) is 5.91 Å². The average molecular weight is 348 g/mol. The van der Waals surface area contributed by atoms with Crippen molar-refractivity contribution in [3.05, 3.63) is 48.0 Å². The lowest BCUT2D eigenvalue weighted by atomic mass is 10.3. The first-order valence-electron chi connectivity index (χ1n) is 6.28. The summed E-state index contributed by atoms with van der Waals surface area (Å²) in [5.41, 5.74) is -1.04. The lowest BCUT2D eigenvalue weighted by Gasteiger charge is -2.08. The van der Waals surface area contributed by atoms with Crippen LogP contribution in [-0.4, -0.2) is 31.6 Å². The maximum Gasteiger partial charge on any atom is 0.417 e. The van der Waals surface area contributed by atoms with E-state index < -0.39 is 38.3 Å². The largest absolute Gasteiger partial charge is 0.459 e. The molecule has 2 rings (SSSR count). The van der Waals surface area contributed by atoms with Gasteiger partial charge in [0, 0.05) is 12.7 Å². The highest BCUT2D eigenvalue weighted by molar-refractivity contribution is 7.91. The van der Waals surface area contributed by atoms with Gasteiger partial charge in [-0.25, -0.2) is 13.4 Å². The van der Waals surface area contributed by atoms with Gasteiger partial charge in [0.1, 0.15) is 0 Å². The van der Waals surface area contributed by atoms with Crippen molar-refractivity contribution in [1.29, 1.82) is 0 Å². The molecule has 0 aliphatic carbocycles. The zero-order valence-corrected chi connectivity index (χ0v) is 12.3. The van der Waals surface area contributed by atoms with Crippen molar-refractivity contribution < 1.29 is 30.8 Å². The molecule has 2 aromatic heterocycles. The Balaban J connectivity index is 1.98. The van der Waals surface area contributed by atoms with E-state index in [0.29, 0.717) is 12.3 Å². The van der Waals surface area contributed by atoms with Crippen LogP contribution in [0.2, 0.25) is 0 Å². The summed E-state index contributed by atoms with van der Waals surface area (Å²) in [5, 5.41) is 1.84. The molecule has 0 aliphatic heterocycles. The molecule has 0 atom stereocenters. The molecule has 124 valence electrons. The number of amides is 1. The van der Waals surface area contributed by atoms with E-state index in [1.807, 2.05) is 0 Å². The highest BCUT2D eigenvalue weighted by Gasteiger charge is 2.31. The van der Waals surface area contributed by atoms with Crippen LogP contribution in [0.5, 0.6) is 0 Å². The summed E-state index contributed by atoms with van der Waals surface area (Å²) in [6.07, 6.45) is -2.85. The number of aromatic nitrogens is 1. The van der Waals surface area contributed by atoms with Gasteiger partial charge < -0.3 is 9.73 Å². The molecule has 10 heteroatoms. The van der Waals surface area contributed by atoms with Gasteiger partial charge in [-0.05, 0) is 24.3 Å². The van der Waals surface area contributed by atoms with E-state index in [9.17, 15) is 26.4 Å². The van der Waals surface area contributed by atoms with Crippen LogP contribution in [0, 0.1) is 0 Å². The Bertz CT molecular complexity index is 769. The number of hydrogen-bond acceptors (Lipinski definition) is 5. The second-order valence-electron chi connectivity index (χ2n) is 4.43. The number of rotatable bonds is 5. The Hall–Kier alpha value is -2.36. The minimum absolute atomic E-state index is 0.0232. The number of pyridine rings is 1. The third-order valence-electron chi connectivity index (χ3n) is 2.78. The van der Waals surface area contributed by atoms with E-state index in [-0.39, 0.29) is 12.3 Å². The second-order valence-corrected chi connectivity index (χ2v) is 6.49. The van der Waals surface area contributed by atoms with Gasteiger partial charge in [-0.3, -0.25) is 4.79 Å². The molecule has 0 spiro atoms. The van der Waals surface area contributed by atoms with Crippen molar-refractivity contribution in [2.24, 2.45) is 0 Å². The first-order chi connectivity index (χ1) is 10.7. The smallest absolute Gasteiger partial charge is 0.417 e. The predicted octanol–water partition coefficient (Wildman–Crippen LogP) is 1.90. The molecule has 0 bridgehead atoms. The van der Waals surface area contributed by atoms with Gasteiger partial charge in [0.05, 0.1) is 17.6 Å². The molecule has 1 amide bonds. The van der Waals surface area contributed by atoms with Crippen LogP contribution in [0.25, 0.3) is 0 Å². The fourth-order valence-electron chi connectivity index (χ4n) is 1.63. The topological polar surface area (TPSA) is 89.3 Å². The van der Waals surface area contributed by atoms with Crippen LogP contribution in [0.15, 0.2) is 46.2 Å². The Labute approximate surface area is 129 Å². The molecule has 0 saturated carbocycles. The van der Waals surface area contributed by atoms with Crippen LogP contribution in [0.1, 0.15) is 16.1 Å². The Morgan fingerprint density at radius 2 is 2.00 bits per heavy atom. The third kappa shape index (κ3) is 4.31. The van der Waals surface area contributed by atoms with E-state index in [1.54, 1.807) is 0 Å². The molecular weight excluding hydrogens is 337 g/mol. The summed E-state index contributed by atoms with van der Waals surface area (Å²) in [6.45, 7) is -0.232. The second kappa shape index (κ2) is 6.41. The number of sulfone groups is 1. The molecule has 1 N–H and O–H groups in total. The molecule has 0 radical (unpaired) electrons. The van der Waals surface area contributed by atoms with Gasteiger partial charge in [-0.1, -0.05) is 0 Å². The Kier molecular flexibility index (Phi) is 4.73. The van der Waals surface area contributed by atoms with Gasteiger partial charge in [0.15, 0.2) is 20.6 Å². The van der Waals surface area contributed by atoms with Crippen molar-refractivity contribution in [2.75, 3.05) is 12.3 Å². The van der Waals surface area contributed by atoms with Crippen LogP contribution in [0.4, 0.5) is 13.2 Å². The summed E-state index contributed by atoms with van der Waals surface area (Å²) < 4.78 is 65.9. The van der Waals surface area contributed by atoms with Crippen molar-refractivity contribution in [3.63, 3.8) is 0 Å². The normalized spacial score (nSPS) is 12.1. The van der Waals surface area contributed by atoms with E-state index >= 15 is 0 Å². The van der Waals surface area contributed by atoms with E-state index in [2.05, 4.69) is 10.3 Å². The number of alkyl halides is 3. The van der Waals surface area contributed by atoms with Crippen LogP contribution < -0.4 is 5.32 Å². The summed E-state index contributed by atoms with van der Waals surface area (Å²) in [5.74, 6) is -1.07. The minimum Gasteiger partial charge on any atom is -0.459 e. The van der Waals surface area contributed by atoms with E-state index in [1.165, 1.54) is 18.4 Å². The average Bonchev–Trinajstić information content (AvgIpc) is 3.00. The molecule has 0 unspecified atom stereocenters. The lowest BCUT2D eigenvalue weighted by Crippen LogP contribution is -2.29. The predicted molar refractivity (Wildman–Crippen MR) is 72.3 cm³/mol. The van der Waals surface area contributed by atoms with Crippen molar-refractivity contribution in [2.45, 2.75) is 11.2 Å². The minimum atomic E-state index is -4.59. The molecule has 0 fully saturated rings. The molecule has 0 aromatic carbocycles. The fourth-order valence-corrected chi connectivity index (χ4v) is 2.70. The Morgan fingerprint density at radius 3 is 2.52 bits per heavy atom. The fraction of sp³-hybridized carbons (Fsp3) is 0.231. The van der Waals surface area contributed by atoms with Gasteiger partial charge in [-0.2, -0.15) is 13.2 Å². The number of halogens is 3. The van der Waals surface area contributed by atoms with Crippen molar-refractivity contribution >= 4 is 15.7 Å². The first kappa shape index (κ1) is 17.0.